The quantitative estimate of drug-likeness (QED) is 0.932. The molecule has 0 bridgehead atoms. The number of aryl methyl sites for hydroxylation is 1. The Morgan fingerprint density at radius 3 is 2.95 bits per heavy atom. The Kier molecular flexibility index (Phi) is 3.62. The van der Waals surface area contributed by atoms with Crippen LogP contribution in [0.1, 0.15) is 29.4 Å². The molecular formula is C13H17N5O2S. The Balaban J connectivity index is 2.01. The van der Waals surface area contributed by atoms with Crippen molar-refractivity contribution in [2.24, 2.45) is 13.0 Å². The van der Waals surface area contributed by atoms with E-state index in [1.807, 2.05) is 0 Å². The van der Waals surface area contributed by atoms with E-state index in [2.05, 4.69) is 26.9 Å². The van der Waals surface area contributed by atoms with Gasteiger partial charge in [-0.15, -0.1) is 0 Å². The van der Waals surface area contributed by atoms with Gasteiger partial charge in [0.2, 0.25) is 0 Å². The lowest BCUT2D eigenvalue weighted by Crippen LogP contribution is -2.34. The maximum atomic E-state index is 11.5. The van der Waals surface area contributed by atoms with E-state index in [9.17, 15) is 9.90 Å². The second-order valence-corrected chi connectivity index (χ2v) is 6.36. The molecule has 21 heavy (non-hydrogen) atoms. The average molecular weight is 307 g/mol. The van der Waals surface area contributed by atoms with E-state index < -0.39 is 5.97 Å². The van der Waals surface area contributed by atoms with Gasteiger partial charge >= 0.3 is 5.97 Å². The van der Waals surface area contributed by atoms with Crippen molar-refractivity contribution in [2.75, 3.05) is 18.0 Å². The van der Waals surface area contributed by atoms with Gasteiger partial charge in [-0.2, -0.15) is 5.10 Å². The molecule has 2 aromatic heterocycles. The molecule has 0 radical (unpaired) electrons. The summed E-state index contributed by atoms with van der Waals surface area (Å²) in [6, 6.07) is 0. The largest absolute Gasteiger partial charge is 0.477 e. The standard InChI is InChI=1S/C13H17N5O2S/c1-8-4-3-5-18(6-8)13-16-9(10(21-13)12(19)20)11-14-7-15-17(11)2/h7-8H,3-6H2,1-2H3,(H,19,20). The molecule has 8 heteroatoms. The molecule has 0 aromatic carbocycles. The predicted molar refractivity (Wildman–Crippen MR) is 79.7 cm³/mol. The van der Waals surface area contributed by atoms with E-state index in [-0.39, 0.29) is 4.88 Å². The normalized spacial score (nSPS) is 19.0. The predicted octanol–water partition coefficient (Wildman–Crippen LogP) is 1.87. The fourth-order valence-corrected chi connectivity index (χ4v) is 3.55. The number of carbonyl (C=O) groups is 1. The van der Waals surface area contributed by atoms with Crippen LogP contribution in [0.3, 0.4) is 0 Å². The number of carboxylic acids is 1. The Hall–Kier alpha value is -1.96. The van der Waals surface area contributed by atoms with Gasteiger partial charge in [0.15, 0.2) is 11.0 Å². The minimum Gasteiger partial charge on any atom is -0.477 e. The molecule has 1 fully saturated rings. The van der Waals surface area contributed by atoms with Gasteiger partial charge in [-0.05, 0) is 18.8 Å². The lowest BCUT2D eigenvalue weighted by molar-refractivity contribution is 0.0702. The fraction of sp³-hybridized carbons (Fsp3) is 0.538. The van der Waals surface area contributed by atoms with Crippen LogP contribution in [0.15, 0.2) is 6.33 Å². The van der Waals surface area contributed by atoms with Crippen LogP contribution in [0.5, 0.6) is 0 Å². The van der Waals surface area contributed by atoms with Crippen molar-refractivity contribution in [3.8, 4) is 11.5 Å². The number of carboxylic acid groups (broad SMARTS) is 1. The summed E-state index contributed by atoms with van der Waals surface area (Å²) in [5, 5.41) is 14.2. The molecule has 0 saturated carbocycles. The van der Waals surface area contributed by atoms with E-state index >= 15 is 0 Å². The third kappa shape index (κ3) is 2.63. The van der Waals surface area contributed by atoms with E-state index in [1.165, 1.54) is 24.1 Å². The maximum absolute atomic E-state index is 11.5. The Labute approximate surface area is 126 Å². The SMILES string of the molecule is CC1CCCN(c2nc(-c3ncnn3C)c(C(=O)O)s2)C1. The fourth-order valence-electron chi connectivity index (χ4n) is 2.61. The molecule has 1 N–H and O–H groups in total. The Bertz CT molecular complexity index is 665. The third-order valence-corrected chi connectivity index (χ3v) is 4.76. The highest BCUT2D eigenvalue weighted by molar-refractivity contribution is 7.17. The van der Waals surface area contributed by atoms with Gasteiger partial charge in [0.25, 0.3) is 0 Å². The van der Waals surface area contributed by atoms with Crippen molar-refractivity contribution in [2.45, 2.75) is 19.8 Å². The molecule has 1 aliphatic rings. The molecule has 1 aliphatic heterocycles. The first kappa shape index (κ1) is 14.0. The first-order valence-corrected chi connectivity index (χ1v) is 7.71. The molecule has 0 amide bonds. The monoisotopic (exact) mass is 307 g/mol. The van der Waals surface area contributed by atoms with Crippen LogP contribution in [0, 0.1) is 5.92 Å². The summed E-state index contributed by atoms with van der Waals surface area (Å²) in [7, 11) is 1.73. The van der Waals surface area contributed by atoms with Gasteiger partial charge in [0.05, 0.1) is 0 Å². The number of hydrogen-bond donors (Lipinski definition) is 1. The molecule has 3 heterocycles. The van der Waals surface area contributed by atoms with Crippen LogP contribution in [0.4, 0.5) is 5.13 Å². The molecule has 1 unspecified atom stereocenters. The molecule has 112 valence electrons. The second kappa shape index (κ2) is 5.44. The van der Waals surface area contributed by atoms with Gasteiger partial charge < -0.3 is 10.0 Å². The van der Waals surface area contributed by atoms with Crippen LogP contribution in [-0.2, 0) is 7.05 Å². The smallest absolute Gasteiger partial charge is 0.348 e. The molecule has 0 spiro atoms. The lowest BCUT2D eigenvalue weighted by atomic mass is 10.0. The number of aromatic carboxylic acids is 1. The highest BCUT2D eigenvalue weighted by Crippen LogP contribution is 2.33. The second-order valence-electron chi connectivity index (χ2n) is 5.38. The first-order chi connectivity index (χ1) is 10.1. The summed E-state index contributed by atoms with van der Waals surface area (Å²) in [6.45, 7) is 4.06. The summed E-state index contributed by atoms with van der Waals surface area (Å²) >= 11 is 1.22. The Morgan fingerprint density at radius 1 is 1.52 bits per heavy atom. The van der Waals surface area contributed by atoms with Crippen LogP contribution < -0.4 is 4.90 Å². The number of anilines is 1. The van der Waals surface area contributed by atoms with Crippen molar-refractivity contribution >= 4 is 22.4 Å². The first-order valence-electron chi connectivity index (χ1n) is 6.89. The molecule has 7 nitrogen and oxygen atoms in total. The number of piperidine rings is 1. The van der Waals surface area contributed by atoms with Crippen molar-refractivity contribution in [3.05, 3.63) is 11.2 Å². The number of thiazole rings is 1. The van der Waals surface area contributed by atoms with E-state index in [4.69, 9.17) is 0 Å². The van der Waals surface area contributed by atoms with Crippen LogP contribution >= 0.6 is 11.3 Å². The molecule has 3 rings (SSSR count). The molecular weight excluding hydrogens is 290 g/mol. The summed E-state index contributed by atoms with van der Waals surface area (Å²) in [5.74, 6) is 0.121. The maximum Gasteiger partial charge on any atom is 0.348 e. The number of rotatable bonds is 3. The van der Waals surface area contributed by atoms with Crippen molar-refractivity contribution in [3.63, 3.8) is 0 Å². The van der Waals surface area contributed by atoms with Crippen LogP contribution in [0.25, 0.3) is 11.5 Å². The number of hydrogen-bond acceptors (Lipinski definition) is 6. The third-order valence-electron chi connectivity index (χ3n) is 3.66. The Morgan fingerprint density at radius 2 is 2.33 bits per heavy atom. The van der Waals surface area contributed by atoms with E-state index in [1.54, 1.807) is 11.7 Å². The van der Waals surface area contributed by atoms with E-state index in [0.717, 1.165) is 24.6 Å². The minimum atomic E-state index is -0.971. The van der Waals surface area contributed by atoms with Crippen LogP contribution in [-0.4, -0.2) is 43.9 Å². The van der Waals surface area contributed by atoms with Gasteiger partial charge in [-0.1, -0.05) is 18.3 Å². The highest BCUT2D eigenvalue weighted by atomic mass is 32.1. The van der Waals surface area contributed by atoms with Crippen molar-refractivity contribution in [1.82, 2.24) is 19.7 Å². The zero-order valence-corrected chi connectivity index (χ0v) is 12.8. The van der Waals surface area contributed by atoms with Gasteiger partial charge in [-0.3, -0.25) is 0 Å². The number of nitrogens with zero attached hydrogens (tertiary/aromatic N) is 5. The van der Waals surface area contributed by atoms with Crippen LogP contribution in [0.2, 0.25) is 0 Å². The topological polar surface area (TPSA) is 84.1 Å². The average Bonchev–Trinajstić information content (AvgIpc) is 3.04. The summed E-state index contributed by atoms with van der Waals surface area (Å²) in [6.07, 6.45) is 3.73. The lowest BCUT2D eigenvalue weighted by Gasteiger charge is -2.30. The van der Waals surface area contributed by atoms with Gasteiger partial charge in [-0.25, -0.2) is 19.4 Å². The summed E-state index contributed by atoms with van der Waals surface area (Å²) in [5.41, 5.74) is 0.403. The summed E-state index contributed by atoms with van der Waals surface area (Å²) in [4.78, 5) is 22.5. The van der Waals surface area contributed by atoms with Gasteiger partial charge in [0, 0.05) is 20.1 Å². The van der Waals surface area contributed by atoms with Crippen molar-refractivity contribution < 1.29 is 9.90 Å². The van der Waals surface area contributed by atoms with Gasteiger partial charge in [0.1, 0.15) is 16.9 Å². The zero-order valence-electron chi connectivity index (χ0n) is 12.0. The minimum absolute atomic E-state index is 0.222. The molecule has 2 aromatic rings. The number of aromatic nitrogens is 4. The molecule has 1 saturated heterocycles. The van der Waals surface area contributed by atoms with Crippen molar-refractivity contribution in [1.29, 1.82) is 0 Å². The zero-order chi connectivity index (χ0) is 15.0. The van der Waals surface area contributed by atoms with E-state index in [0.29, 0.717) is 17.4 Å². The molecule has 1 atom stereocenters. The summed E-state index contributed by atoms with van der Waals surface area (Å²) < 4.78 is 1.55. The molecule has 0 aliphatic carbocycles. The highest BCUT2D eigenvalue weighted by Gasteiger charge is 2.26.